The first kappa shape index (κ1) is 30.4. The molecule has 22 heteroatoms. The molecular weight excluding hydrogens is 614 g/mol. The molecule has 44 heavy (non-hydrogen) atoms. The van der Waals surface area contributed by atoms with Crippen LogP contribution in [0, 0.1) is 0 Å². The fourth-order valence-electron chi connectivity index (χ4n) is 5.43. The van der Waals surface area contributed by atoms with E-state index in [2.05, 4.69) is 29.9 Å². The van der Waals surface area contributed by atoms with Crippen LogP contribution in [-0.4, -0.2) is 108 Å². The van der Waals surface area contributed by atoms with E-state index in [4.69, 9.17) is 30.0 Å². The van der Waals surface area contributed by atoms with Crippen LogP contribution in [0.4, 0.5) is 16.2 Å². The van der Waals surface area contributed by atoms with Crippen molar-refractivity contribution in [2.45, 2.75) is 68.6 Å². The van der Waals surface area contributed by atoms with Gasteiger partial charge in [-0.1, -0.05) is 0 Å². The second kappa shape index (κ2) is 10.8. The maximum absolute atomic E-state index is 15.4. The largest absolute Gasteiger partial charge is 0.473 e. The SMILES string of the molecule is C[C@@H](OP(=O)(O)O[C@@H]1[C@H](F)[C@@H](CO)O[C@H]1n1cnc2c(=O)[nH]c(N)nc21)[C@H]1O[C@@H](n2cnc3c(N)ncnc32)[C@H](O)[C@@]1(C)O. The lowest BCUT2D eigenvalue weighted by atomic mass is 9.92. The zero-order valence-corrected chi connectivity index (χ0v) is 23.8. The number of aliphatic hydroxyl groups is 3. The molecule has 0 bridgehead atoms. The number of halogens is 1. The second-order valence-corrected chi connectivity index (χ2v) is 11.9. The first-order chi connectivity index (χ1) is 20.7. The summed E-state index contributed by atoms with van der Waals surface area (Å²) < 4.78 is 52.9. The van der Waals surface area contributed by atoms with Crippen molar-refractivity contribution in [1.82, 2.24) is 39.0 Å². The van der Waals surface area contributed by atoms with Crippen LogP contribution in [-0.2, 0) is 23.1 Å². The number of fused-ring (bicyclic) bond motifs is 2. The fourth-order valence-corrected chi connectivity index (χ4v) is 6.54. The van der Waals surface area contributed by atoms with E-state index in [0.29, 0.717) is 0 Å². The number of phosphoric acid groups is 1. The molecule has 6 rings (SSSR count). The number of aromatic amines is 1. The van der Waals surface area contributed by atoms with E-state index in [-0.39, 0.29) is 34.1 Å². The molecule has 20 nitrogen and oxygen atoms in total. The summed E-state index contributed by atoms with van der Waals surface area (Å²) in [4.78, 5) is 45.1. The van der Waals surface area contributed by atoms with Gasteiger partial charge >= 0.3 is 7.82 Å². The standard InChI is InChI=1S/C22H28FN10O10P/c1-7(14-22(2,37)13(35)20(41-14)32-5-28-10-15(24)26-4-27-16(10)32)42-44(38,39)43-12-9(23)8(3-34)40-19(12)33-6-29-11-17(33)30-21(25)31-18(11)36/h4-9,12-14,19-20,34-35,37H,3H2,1-2H3,(H,38,39)(H2,24,26,27)(H3,25,30,31,36)/t7-,8-,9-,12-,13+,14-,19-,20-,22-/m1/s1. The number of imidazole rings is 2. The molecule has 1 unspecified atom stereocenters. The predicted molar refractivity (Wildman–Crippen MR) is 144 cm³/mol. The van der Waals surface area contributed by atoms with E-state index in [1.165, 1.54) is 31.1 Å². The van der Waals surface area contributed by atoms with E-state index in [0.717, 1.165) is 10.9 Å². The fraction of sp³-hybridized carbons (Fsp3) is 0.545. The molecule has 2 saturated heterocycles. The molecule has 0 amide bonds. The quantitative estimate of drug-likeness (QED) is 0.105. The number of hydrogen-bond acceptors (Lipinski definition) is 16. The Kier molecular flexibility index (Phi) is 7.42. The van der Waals surface area contributed by atoms with Crippen molar-refractivity contribution >= 4 is 41.9 Å². The molecule has 4 aromatic heterocycles. The van der Waals surface area contributed by atoms with Crippen molar-refractivity contribution in [3.63, 3.8) is 0 Å². The molecule has 4 aromatic rings. The van der Waals surface area contributed by atoms with Gasteiger partial charge in [0.2, 0.25) is 5.95 Å². The Morgan fingerprint density at radius 3 is 2.55 bits per heavy atom. The minimum absolute atomic E-state index is 0.0677. The first-order valence-electron chi connectivity index (χ1n) is 13.0. The third-order valence-corrected chi connectivity index (χ3v) is 8.65. The lowest BCUT2D eigenvalue weighted by Gasteiger charge is -2.31. The molecule has 238 valence electrons. The molecule has 6 heterocycles. The third kappa shape index (κ3) is 4.91. The molecule has 10 atom stereocenters. The van der Waals surface area contributed by atoms with Gasteiger partial charge in [-0.05, 0) is 13.8 Å². The number of nitrogen functional groups attached to an aromatic ring is 2. The number of rotatable bonds is 8. The Balaban J connectivity index is 1.24. The van der Waals surface area contributed by atoms with Gasteiger partial charge < -0.3 is 41.2 Å². The lowest BCUT2D eigenvalue weighted by Crippen LogP contribution is -2.49. The van der Waals surface area contributed by atoms with Crippen molar-refractivity contribution in [1.29, 1.82) is 0 Å². The van der Waals surface area contributed by atoms with Crippen LogP contribution in [0.15, 0.2) is 23.8 Å². The summed E-state index contributed by atoms with van der Waals surface area (Å²) in [6, 6.07) is 0. The normalized spacial score (nSPS) is 32.8. The molecule has 0 aromatic carbocycles. The number of anilines is 2. The predicted octanol–water partition coefficient (Wildman–Crippen LogP) is -1.75. The number of nitrogens with one attached hydrogen (secondary N) is 1. The van der Waals surface area contributed by atoms with Gasteiger partial charge in [0.1, 0.15) is 41.9 Å². The molecule has 0 aliphatic carbocycles. The minimum Gasteiger partial charge on any atom is -0.394 e. The van der Waals surface area contributed by atoms with E-state index in [1.807, 2.05) is 0 Å². The smallest absolute Gasteiger partial charge is 0.394 e. The second-order valence-electron chi connectivity index (χ2n) is 10.5. The van der Waals surface area contributed by atoms with Crippen LogP contribution < -0.4 is 17.0 Å². The highest BCUT2D eigenvalue weighted by Gasteiger charge is 2.57. The maximum Gasteiger partial charge on any atom is 0.473 e. The summed E-state index contributed by atoms with van der Waals surface area (Å²) in [5, 5.41) is 31.8. The molecule has 2 fully saturated rings. The van der Waals surface area contributed by atoms with Gasteiger partial charge in [0.05, 0.1) is 25.4 Å². The molecule has 2 aliphatic heterocycles. The van der Waals surface area contributed by atoms with Crippen molar-refractivity contribution in [3.8, 4) is 0 Å². The number of alkyl halides is 1. The Morgan fingerprint density at radius 2 is 1.84 bits per heavy atom. The maximum atomic E-state index is 15.4. The third-order valence-electron chi connectivity index (χ3n) is 7.54. The molecular formula is C22H28FN10O10P. The number of H-pyrrole nitrogens is 1. The molecule has 0 spiro atoms. The summed E-state index contributed by atoms with van der Waals surface area (Å²) in [7, 11) is -5.22. The number of nitrogens with two attached hydrogens (primary N) is 2. The zero-order chi connectivity index (χ0) is 31.7. The Bertz CT molecular complexity index is 1820. The molecule has 2 aliphatic rings. The average Bonchev–Trinajstić information content (AvgIpc) is 3.69. The van der Waals surface area contributed by atoms with E-state index >= 15 is 4.39 Å². The highest BCUT2D eigenvalue weighted by atomic mass is 31.2. The van der Waals surface area contributed by atoms with Gasteiger partial charge in [0.15, 0.2) is 41.3 Å². The van der Waals surface area contributed by atoms with Crippen molar-refractivity contribution < 1.29 is 47.7 Å². The number of phosphoric ester groups is 1. The Morgan fingerprint density at radius 1 is 1.16 bits per heavy atom. The van der Waals surface area contributed by atoms with Crippen molar-refractivity contribution in [2.75, 3.05) is 18.1 Å². The van der Waals surface area contributed by atoms with Gasteiger partial charge in [0, 0.05) is 0 Å². The summed E-state index contributed by atoms with van der Waals surface area (Å²) in [6.45, 7) is 1.66. The Hall–Kier alpha value is -3.66. The van der Waals surface area contributed by atoms with Crippen LogP contribution in [0.2, 0.25) is 0 Å². The highest BCUT2D eigenvalue weighted by molar-refractivity contribution is 7.47. The van der Waals surface area contributed by atoms with E-state index < -0.39 is 74.7 Å². The van der Waals surface area contributed by atoms with Crippen molar-refractivity contribution in [2.24, 2.45) is 0 Å². The molecule has 0 saturated carbocycles. The van der Waals surface area contributed by atoms with Crippen LogP contribution in [0.1, 0.15) is 26.3 Å². The summed E-state index contributed by atoms with van der Waals surface area (Å²) in [6.07, 6.45) is -9.40. The van der Waals surface area contributed by atoms with Crippen molar-refractivity contribution in [3.05, 3.63) is 29.3 Å². The number of ether oxygens (including phenoxy) is 2. The van der Waals surface area contributed by atoms with Gasteiger partial charge in [0.25, 0.3) is 5.56 Å². The lowest BCUT2D eigenvalue weighted by molar-refractivity contribution is -0.110. The summed E-state index contributed by atoms with van der Waals surface area (Å²) in [5.74, 6) is -0.220. The molecule has 0 radical (unpaired) electrons. The first-order valence-corrected chi connectivity index (χ1v) is 14.5. The van der Waals surface area contributed by atoms with Crippen LogP contribution >= 0.6 is 7.82 Å². The van der Waals surface area contributed by atoms with Gasteiger partial charge in [-0.2, -0.15) is 4.98 Å². The van der Waals surface area contributed by atoms with Gasteiger partial charge in [-0.25, -0.2) is 28.9 Å². The number of aliphatic hydroxyl groups excluding tert-OH is 2. The topological polar surface area (TPSA) is 294 Å². The van der Waals surface area contributed by atoms with Gasteiger partial charge in [-0.3, -0.25) is 28.0 Å². The van der Waals surface area contributed by atoms with Crippen LogP contribution in [0.5, 0.6) is 0 Å². The van der Waals surface area contributed by atoms with E-state index in [9.17, 15) is 29.6 Å². The number of hydrogen-bond donors (Lipinski definition) is 7. The number of aromatic nitrogens is 8. The van der Waals surface area contributed by atoms with Crippen LogP contribution in [0.25, 0.3) is 22.3 Å². The van der Waals surface area contributed by atoms with E-state index in [1.54, 1.807) is 0 Å². The minimum atomic E-state index is -5.22. The number of nitrogens with zero attached hydrogens (tertiary/aromatic N) is 7. The van der Waals surface area contributed by atoms with Gasteiger partial charge in [-0.15, -0.1) is 0 Å². The van der Waals surface area contributed by atoms with Crippen LogP contribution in [0.3, 0.4) is 0 Å². The summed E-state index contributed by atoms with van der Waals surface area (Å²) in [5.41, 5.74) is 8.76. The summed E-state index contributed by atoms with van der Waals surface area (Å²) >= 11 is 0. The highest BCUT2D eigenvalue weighted by Crippen LogP contribution is 2.52. The average molecular weight is 642 g/mol. The Labute approximate surface area is 245 Å². The molecule has 9 N–H and O–H groups in total. The zero-order valence-electron chi connectivity index (χ0n) is 22.9. The monoisotopic (exact) mass is 642 g/mol.